The van der Waals surface area contributed by atoms with Gasteiger partial charge in [-0.1, -0.05) is 23.2 Å². The van der Waals surface area contributed by atoms with Gasteiger partial charge < -0.3 is 15.8 Å². The summed E-state index contributed by atoms with van der Waals surface area (Å²) in [5.41, 5.74) is 5.78. The van der Waals surface area contributed by atoms with E-state index in [-0.39, 0.29) is 15.7 Å². The molecule has 18 heavy (non-hydrogen) atoms. The third kappa shape index (κ3) is 4.10. The normalized spacial score (nSPS) is 12.3. The number of rotatable bonds is 5. The molecular weight excluding hydrogens is 282 g/mol. The van der Waals surface area contributed by atoms with Crippen molar-refractivity contribution in [3.63, 3.8) is 0 Å². The van der Waals surface area contributed by atoms with E-state index in [1.54, 1.807) is 0 Å². The van der Waals surface area contributed by atoms with Crippen molar-refractivity contribution in [1.29, 1.82) is 0 Å². The molecule has 0 heterocycles. The molecule has 1 atom stereocenters. The summed E-state index contributed by atoms with van der Waals surface area (Å²) in [5.74, 6) is -1.03. The highest BCUT2D eigenvalue weighted by atomic mass is 35.5. The Labute approximate surface area is 114 Å². The first-order valence-corrected chi connectivity index (χ1v) is 5.91. The number of carbonyl (C=O) groups is 1. The number of methoxy groups -OCH3 is 1. The summed E-state index contributed by atoms with van der Waals surface area (Å²) in [6, 6.07) is 1.37. The Balaban J connectivity index is 2.76. The zero-order valence-electron chi connectivity index (χ0n) is 9.67. The first kappa shape index (κ1) is 15.2. The highest BCUT2D eigenvalue weighted by Gasteiger charge is 2.17. The van der Waals surface area contributed by atoms with Gasteiger partial charge in [-0.15, -0.1) is 0 Å². The van der Waals surface area contributed by atoms with E-state index in [4.69, 9.17) is 33.7 Å². The molecule has 0 aromatic heterocycles. The molecule has 0 aliphatic carbocycles. The number of nitrogens with one attached hydrogen (secondary N) is 1. The number of ether oxygens (including phenoxy) is 1. The van der Waals surface area contributed by atoms with Gasteiger partial charge in [0.15, 0.2) is 0 Å². The van der Waals surface area contributed by atoms with E-state index in [1.165, 1.54) is 7.11 Å². The van der Waals surface area contributed by atoms with Crippen molar-refractivity contribution in [3.05, 3.63) is 28.0 Å². The van der Waals surface area contributed by atoms with Crippen LogP contribution in [0.5, 0.6) is 0 Å². The van der Waals surface area contributed by atoms with Crippen LogP contribution in [0, 0.1) is 5.82 Å². The standard InChI is InChI=1S/C11H13Cl2FN2O2/c1-18-3-2-9(15)11(17)16-10-7(12)4-6(14)5-8(10)13/h4-5,9H,2-3,15H2,1H3,(H,16,17). The fourth-order valence-electron chi connectivity index (χ4n) is 1.25. The second-order valence-electron chi connectivity index (χ2n) is 3.62. The maximum atomic E-state index is 12.9. The Morgan fingerprint density at radius 1 is 1.50 bits per heavy atom. The minimum atomic E-state index is -0.748. The second kappa shape index (κ2) is 6.89. The van der Waals surface area contributed by atoms with Crippen LogP contribution >= 0.6 is 23.2 Å². The lowest BCUT2D eigenvalue weighted by molar-refractivity contribution is -0.117. The average Bonchev–Trinajstić information content (AvgIpc) is 2.30. The van der Waals surface area contributed by atoms with E-state index in [1.807, 2.05) is 0 Å². The Morgan fingerprint density at radius 3 is 2.56 bits per heavy atom. The van der Waals surface area contributed by atoms with Crippen molar-refractivity contribution in [3.8, 4) is 0 Å². The van der Waals surface area contributed by atoms with Gasteiger partial charge in [-0.25, -0.2) is 4.39 Å². The Morgan fingerprint density at radius 2 is 2.06 bits per heavy atom. The van der Waals surface area contributed by atoms with Gasteiger partial charge in [0.05, 0.1) is 21.8 Å². The number of anilines is 1. The highest BCUT2D eigenvalue weighted by molar-refractivity contribution is 6.39. The summed E-state index contributed by atoms with van der Waals surface area (Å²) in [4.78, 5) is 11.7. The van der Waals surface area contributed by atoms with E-state index in [0.29, 0.717) is 13.0 Å². The fraction of sp³-hybridized carbons (Fsp3) is 0.364. The van der Waals surface area contributed by atoms with Crippen LogP contribution in [0.2, 0.25) is 10.0 Å². The molecule has 0 aliphatic heterocycles. The molecule has 0 bridgehead atoms. The lowest BCUT2D eigenvalue weighted by Gasteiger charge is -2.13. The van der Waals surface area contributed by atoms with Crippen molar-refractivity contribution in [2.24, 2.45) is 5.73 Å². The zero-order valence-corrected chi connectivity index (χ0v) is 11.2. The van der Waals surface area contributed by atoms with Crippen LogP contribution in [0.25, 0.3) is 0 Å². The molecule has 1 rings (SSSR count). The largest absolute Gasteiger partial charge is 0.385 e. The van der Waals surface area contributed by atoms with Crippen LogP contribution in [0.15, 0.2) is 12.1 Å². The van der Waals surface area contributed by atoms with Crippen molar-refractivity contribution >= 4 is 34.8 Å². The number of carbonyl (C=O) groups excluding carboxylic acids is 1. The average molecular weight is 295 g/mol. The SMILES string of the molecule is COCCC(N)C(=O)Nc1c(Cl)cc(F)cc1Cl. The quantitative estimate of drug-likeness (QED) is 0.877. The van der Waals surface area contributed by atoms with Crippen molar-refractivity contribution in [2.45, 2.75) is 12.5 Å². The second-order valence-corrected chi connectivity index (χ2v) is 4.44. The van der Waals surface area contributed by atoms with Crippen molar-refractivity contribution in [1.82, 2.24) is 0 Å². The first-order valence-electron chi connectivity index (χ1n) is 5.15. The van der Waals surface area contributed by atoms with E-state index >= 15 is 0 Å². The zero-order chi connectivity index (χ0) is 13.7. The van der Waals surface area contributed by atoms with E-state index in [2.05, 4.69) is 5.32 Å². The van der Waals surface area contributed by atoms with Crippen LogP contribution in [-0.4, -0.2) is 25.7 Å². The fourth-order valence-corrected chi connectivity index (χ4v) is 1.81. The van der Waals surface area contributed by atoms with Crippen molar-refractivity contribution < 1.29 is 13.9 Å². The third-order valence-corrected chi connectivity index (χ3v) is 2.82. The van der Waals surface area contributed by atoms with Gasteiger partial charge >= 0.3 is 0 Å². The van der Waals surface area contributed by atoms with Crippen LogP contribution in [0.4, 0.5) is 10.1 Å². The number of amides is 1. The lowest BCUT2D eigenvalue weighted by Crippen LogP contribution is -2.36. The first-order chi connectivity index (χ1) is 8.45. The molecule has 0 saturated heterocycles. The molecule has 7 heteroatoms. The molecule has 0 spiro atoms. The van der Waals surface area contributed by atoms with Gasteiger partial charge in [-0.2, -0.15) is 0 Å². The number of nitrogens with two attached hydrogens (primary N) is 1. The van der Waals surface area contributed by atoms with Gasteiger partial charge in [0.1, 0.15) is 5.82 Å². The molecular formula is C11H13Cl2FN2O2. The number of hydrogen-bond donors (Lipinski definition) is 2. The van der Waals surface area contributed by atoms with E-state index < -0.39 is 17.8 Å². The maximum Gasteiger partial charge on any atom is 0.241 e. The van der Waals surface area contributed by atoms with E-state index in [0.717, 1.165) is 12.1 Å². The highest BCUT2D eigenvalue weighted by Crippen LogP contribution is 2.31. The number of hydrogen-bond acceptors (Lipinski definition) is 3. The minimum Gasteiger partial charge on any atom is -0.385 e. The monoisotopic (exact) mass is 294 g/mol. The van der Waals surface area contributed by atoms with Gasteiger partial charge in [0, 0.05) is 13.7 Å². The number of halogens is 3. The summed E-state index contributed by atoms with van der Waals surface area (Å²) in [5, 5.41) is 2.51. The topological polar surface area (TPSA) is 64.3 Å². The third-order valence-electron chi connectivity index (χ3n) is 2.22. The molecule has 0 fully saturated rings. The molecule has 1 amide bonds. The molecule has 100 valence electrons. The van der Waals surface area contributed by atoms with Crippen LogP contribution < -0.4 is 11.1 Å². The molecule has 1 aromatic rings. The Hall–Kier alpha value is -0.880. The molecule has 0 saturated carbocycles. The summed E-state index contributed by atoms with van der Waals surface area (Å²) < 4.78 is 17.8. The summed E-state index contributed by atoms with van der Waals surface area (Å²) >= 11 is 11.6. The molecule has 0 aliphatic rings. The van der Waals surface area contributed by atoms with Gasteiger partial charge in [0.25, 0.3) is 0 Å². The molecule has 4 nitrogen and oxygen atoms in total. The van der Waals surface area contributed by atoms with Gasteiger partial charge in [-0.3, -0.25) is 4.79 Å². The summed E-state index contributed by atoms with van der Waals surface area (Å²) in [6.07, 6.45) is 0.360. The smallest absolute Gasteiger partial charge is 0.241 e. The summed E-state index contributed by atoms with van der Waals surface area (Å²) in [7, 11) is 1.51. The van der Waals surface area contributed by atoms with Gasteiger partial charge in [0.2, 0.25) is 5.91 Å². The van der Waals surface area contributed by atoms with E-state index in [9.17, 15) is 9.18 Å². The summed E-state index contributed by atoms with van der Waals surface area (Å²) in [6.45, 7) is 0.361. The predicted molar refractivity (Wildman–Crippen MR) is 69.5 cm³/mol. The number of benzene rings is 1. The Kier molecular flexibility index (Phi) is 5.81. The molecule has 1 unspecified atom stereocenters. The molecule has 3 N–H and O–H groups in total. The minimum absolute atomic E-state index is 0.0206. The van der Waals surface area contributed by atoms with Crippen LogP contribution in [0.3, 0.4) is 0 Å². The lowest BCUT2D eigenvalue weighted by atomic mass is 10.2. The predicted octanol–water partition coefficient (Wildman–Crippen LogP) is 2.43. The van der Waals surface area contributed by atoms with Gasteiger partial charge in [-0.05, 0) is 18.6 Å². The van der Waals surface area contributed by atoms with Crippen LogP contribution in [0.1, 0.15) is 6.42 Å². The van der Waals surface area contributed by atoms with Crippen molar-refractivity contribution in [2.75, 3.05) is 19.0 Å². The maximum absolute atomic E-state index is 12.9. The Bertz CT molecular complexity index is 420. The molecule has 0 radical (unpaired) electrons. The van der Waals surface area contributed by atoms with Crippen LogP contribution in [-0.2, 0) is 9.53 Å². The molecule has 1 aromatic carbocycles.